The Hall–Kier alpha value is -4.20. The van der Waals surface area contributed by atoms with Crippen LogP contribution in [0.2, 0.25) is 0 Å². The zero-order valence-electron chi connectivity index (χ0n) is 21.4. The van der Waals surface area contributed by atoms with E-state index in [-0.39, 0.29) is 23.8 Å². The molecule has 0 radical (unpaired) electrons. The maximum Gasteiger partial charge on any atom is 0.262 e. The third-order valence-corrected chi connectivity index (χ3v) is 5.44. The van der Waals surface area contributed by atoms with Gasteiger partial charge in [0.15, 0.2) is 18.1 Å². The summed E-state index contributed by atoms with van der Waals surface area (Å²) < 4.78 is 21.5. The van der Waals surface area contributed by atoms with Gasteiger partial charge in [0.25, 0.3) is 11.8 Å². The van der Waals surface area contributed by atoms with Gasteiger partial charge in [-0.15, -0.1) is 0 Å². The third-order valence-electron chi connectivity index (χ3n) is 5.44. The van der Waals surface area contributed by atoms with Crippen LogP contribution in [0.3, 0.4) is 0 Å². The molecule has 0 unspecified atom stereocenters. The number of carbonyl (C=O) groups is 2. The largest absolute Gasteiger partial charge is 0.493 e. The third kappa shape index (κ3) is 6.69. The monoisotopic (exact) mass is 492 g/mol. The van der Waals surface area contributed by atoms with E-state index in [1.54, 1.807) is 36.4 Å². The van der Waals surface area contributed by atoms with E-state index in [1.807, 2.05) is 24.3 Å². The number of hydrogen-bond donors (Lipinski definition) is 2. The topological polar surface area (TPSA) is 95.1 Å². The first-order chi connectivity index (χ1) is 17.1. The molecule has 0 aromatic heterocycles. The number of anilines is 2. The van der Waals surface area contributed by atoms with Crippen molar-refractivity contribution in [2.24, 2.45) is 0 Å². The maximum absolute atomic E-state index is 12.6. The fourth-order valence-corrected chi connectivity index (χ4v) is 3.46. The predicted octanol–water partition coefficient (Wildman–Crippen LogP) is 5.28. The van der Waals surface area contributed by atoms with Gasteiger partial charge < -0.3 is 29.6 Å². The zero-order valence-corrected chi connectivity index (χ0v) is 21.4. The van der Waals surface area contributed by atoms with Gasteiger partial charge in [0.2, 0.25) is 5.75 Å². The molecule has 3 aromatic carbocycles. The van der Waals surface area contributed by atoms with E-state index in [0.717, 1.165) is 5.56 Å². The highest BCUT2D eigenvalue weighted by molar-refractivity contribution is 6.04. The Labute approximate surface area is 211 Å². The average Bonchev–Trinajstić information content (AvgIpc) is 2.87. The van der Waals surface area contributed by atoms with Crippen molar-refractivity contribution in [1.29, 1.82) is 0 Å². The van der Waals surface area contributed by atoms with Crippen LogP contribution in [0, 0.1) is 0 Å². The van der Waals surface area contributed by atoms with Crippen LogP contribution in [0.15, 0.2) is 60.7 Å². The first-order valence-corrected chi connectivity index (χ1v) is 11.4. The van der Waals surface area contributed by atoms with Crippen molar-refractivity contribution in [2.45, 2.75) is 26.2 Å². The van der Waals surface area contributed by atoms with Gasteiger partial charge in [-0.1, -0.05) is 32.9 Å². The first-order valence-electron chi connectivity index (χ1n) is 11.4. The molecule has 0 aliphatic carbocycles. The minimum Gasteiger partial charge on any atom is -0.493 e. The second-order valence-corrected chi connectivity index (χ2v) is 9.06. The lowest BCUT2D eigenvalue weighted by atomic mass is 9.87. The number of nitrogens with one attached hydrogen (secondary N) is 2. The second-order valence-electron chi connectivity index (χ2n) is 9.06. The number of rotatable bonds is 9. The highest BCUT2D eigenvalue weighted by atomic mass is 16.5. The van der Waals surface area contributed by atoms with Crippen molar-refractivity contribution in [3.63, 3.8) is 0 Å². The molecule has 3 aromatic rings. The smallest absolute Gasteiger partial charge is 0.262 e. The lowest BCUT2D eigenvalue weighted by Gasteiger charge is -2.19. The second kappa shape index (κ2) is 11.5. The molecule has 0 aliphatic heterocycles. The van der Waals surface area contributed by atoms with E-state index in [2.05, 4.69) is 31.4 Å². The van der Waals surface area contributed by atoms with Crippen LogP contribution in [0.25, 0.3) is 0 Å². The van der Waals surface area contributed by atoms with Crippen LogP contribution in [0.4, 0.5) is 11.4 Å². The van der Waals surface area contributed by atoms with E-state index in [1.165, 1.54) is 21.3 Å². The molecule has 2 amide bonds. The Balaban J connectivity index is 1.55. The fraction of sp³-hybridized carbons (Fsp3) is 0.286. The summed E-state index contributed by atoms with van der Waals surface area (Å²) in [5.41, 5.74) is 2.86. The van der Waals surface area contributed by atoms with Crippen LogP contribution >= 0.6 is 0 Å². The van der Waals surface area contributed by atoms with Crippen molar-refractivity contribution < 1.29 is 28.5 Å². The Morgan fingerprint density at radius 2 is 1.33 bits per heavy atom. The van der Waals surface area contributed by atoms with Gasteiger partial charge >= 0.3 is 0 Å². The highest BCUT2D eigenvalue weighted by Crippen LogP contribution is 2.39. The standard InChI is InChI=1S/C28H32N2O6/c1-28(2,3)19-9-7-18(8-10-19)27(32)30-20-11-13-22(14-12-20)36-17-25(31)29-21-15-23(33-4)26(35-6)24(16-21)34-5/h7-16H,17H2,1-6H3,(H,29,31)(H,30,32). The molecule has 0 heterocycles. The Kier molecular flexibility index (Phi) is 8.42. The maximum atomic E-state index is 12.6. The van der Waals surface area contributed by atoms with Crippen molar-refractivity contribution >= 4 is 23.2 Å². The van der Waals surface area contributed by atoms with Crippen molar-refractivity contribution in [3.05, 3.63) is 71.8 Å². The summed E-state index contributed by atoms with van der Waals surface area (Å²) in [6.45, 7) is 6.18. The predicted molar refractivity (Wildman–Crippen MR) is 140 cm³/mol. The summed E-state index contributed by atoms with van der Waals surface area (Å²) in [6.07, 6.45) is 0. The first kappa shape index (κ1) is 26.4. The summed E-state index contributed by atoms with van der Waals surface area (Å²) in [6, 6.07) is 17.6. The number of hydrogen-bond acceptors (Lipinski definition) is 6. The normalized spacial score (nSPS) is 10.8. The summed E-state index contributed by atoms with van der Waals surface area (Å²) >= 11 is 0. The van der Waals surface area contributed by atoms with E-state index >= 15 is 0 Å². The van der Waals surface area contributed by atoms with E-state index in [9.17, 15) is 9.59 Å². The highest BCUT2D eigenvalue weighted by Gasteiger charge is 2.16. The van der Waals surface area contributed by atoms with Gasteiger partial charge in [-0.05, 0) is 47.4 Å². The summed E-state index contributed by atoms with van der Waals surface area (Å²) in [5.74, 6) is 1.21. The number of carbonyl (C=O) groups excluding carboxylic acids is 2. The lowest BCUT2D eigenvalue weighted by Crippen LogP contribution is -2.20. The summed E-state index contributed by atoms with van der Waals surface area (Å²) in [5, 5.41) is 5.61. The molecule has 0 saturated carbocycles. The Morgan fingerprint density at radius 3 is 1.83 bits per heavy atom. The molecule has 0 aliphatic rings. The van der Waals surface area contributed by atoms with Crippen molar-refractivity contribution in [1.82, 2.24) is 0 Å². The van der Waals surface area contributed by atoms with Crippen molar-refractivity contribution in [3.8, 4) is 23.0 Å². The van der Waals surface area contributed by atoms with E-state index < -0.39 is 0 Å². The lowest BCUT2D eigenvalue weighted by molar-refractivity contribution is -0.118. The Morgan fingerprint density at radius 1 is 0.750 bits per heavy atom. The molecular formula is C28H32N2O6. The van der Waals surface area contributed by atoms with Crippen LogP contribution in [0.1, 0.15) is 36.7 Å². The summed E-state index contributed by atoms with van der Waals surface area (Å²) in [4.78, 5) is 24.9. The minimum absolute atomic E-state index is 0.0239. The molecule has 8 heteroatoms. The quantitative estimate of drug-likeness (QED) is 0.422. The van der Waals surface area contributed by atoms with E-state index in [0.29, 0.717) is 39.9 Å². The number of amides is 2. The number of ether oxygens (including phenoxy) is 4. The molecule has 8 nitrogen and oxygen atoms in total. The summed E-state index contributed by atoms with van der Waals surface area (Å²) in [7, 11) is 4.51. The number of benzene rings is 3. The average molecular weight is 493 g/mol. The fourth-order valence-electron chi connectivity index (χ4n) is 3.46. The van der Waals surface area contributed by atoms with Gasteiger partial charge in [-0.2, -0.15) is 0 Å². The van der Waals surface area contributed by atoms with Gasteiger partial charge in [0, 0.05) is 29.1 Å². The molecular weight excluding hydrogens is 460 g/mol. The molecule has 0 saturated heterocycles. The molecule has 0 atom stereocenters. The van der Waals surface area contributed by atoms with Crippen molar-refractivity contribution in [2.75, 3.05) is 38.6 Å². The van der Waals surface area contributed by atoms with Crippen LogP contribution in [0.5, 0.6) is 23.0 Å². The Bertz CT molecular complexity index is 1170. The molecule has 190 valence electrons. The van der Waals surface area contributed by atoms with Crippen LogP contribution < -0.4 is 29.6 Å². The van der Waals surface area contributed by atoms with Crippen LogP contribution in [-0.4, -0.2) is 39.8 Å². The molecule has 0 spiro atoms. The molecule has 3 rings (SSSR count). The zero-order chi connectivity index (χ0) is 26.3. The molecule has 0 fully saturated rings. The molecule has 2 N–H and O–H groups in total. The number of methoxy groups -OCH3 is 3. The molecule has 0 bridgehead atoms. The van der Waals surface area contributed by atoms with Gasteiger partial charge in [-0.3, -0.25) is 9.59 Å². The SMILES string of the molecule is COc1cc(NC(=O)COc2ccc(NC(=O)c3ccc(C(C)(C)C)cc3)cc2)cc(OC)c1OC. The van der Waals surface area contributed by atoms with Crippen LogP contribution in [-0.2, 0) is 10.2 Å². The minimum atomic E-state index is -0.361. The van der Waals surface area contributed by atoms with Gasteiger partial charge in [0.1, 0.15) is 5.75 Å². The molecule has 36 heavy (non-hydrogen) atoms. The van der Waals surface area contributed by atoms with Gasteiger partial charge in [-0.25, -0.2) is 0 Å². The van der Waals surface area contributed by atoms with E-state index in [4.69, 9.17) is 18.9 Å². The van der Waals surface area contributed by atoms with Gasteiger partial charge in [0.05, 0.1) is 21.3 Å².